The number of amides is 1. The Balaban J connectivity index is 2.41. The summed E-state index contributed by atoms with van der Waals surface area (Å²) in [6.45, 7) is 1.62. The minimum atomic E-state index is -1.56. The highest BCUT2D eigenvalue weighted by Gasteiger charge is 2.31. The van der Waals surface area contributed by atoms with Crippen LogP contribution in [0.3, 0.4) is 0 Å². The Morgan fingerprint density at radius 2 is 2.00 bits per heavy atom. The number of halogens is 1. The van der Waals surface area contributed by atoms with Gasteiger partial charge in [-0.25, -0.2) is 14.3 Å². The Hall–Kier alpha value is -3.14. The van der Waals surface area contributed by atoms with E-state index in [-0.39, 0.29) is 12.1 Å². The Labute approximate surface area is 152 Å². The topological polar surface area (TPSA) is 144 Å². The molecule has 3 N–H and O–H groups in total. The molecule has 1 amide bonds. The third-order valence-corrected chi connectivity index (χ3v) is 3.74. The molecule has 1 heterocycles. The van der Waals surface area contributed by atoms with Crippen LogP contribution in [0.2, 0.25) is 5.02 Å². The lowest BCUT2D eigenvalue weighted by Gasteiger charge is -2.17. The number of aromatic carboxylic acids is 2. The van der Waals surface area contributed by atoms with Crippen LogP contribution in [0.15, 0.2) is 18.2 Å². The Kier molecular flexibility index (Phi) is 5.78. The number of carbonyl (C=O) groups excluding carboxylic acids is 1. The molecule has 1 aromatic heterocycles. The summed E-state index contributed by atoms with van der Waals surface area (Å²) in [7, 11) is 1.41. The van der Waals surface area contributed by atoms with Crippen LogP contribution < -0.4 is 10.1 Å². The molecule has 0 aliphatic rings. The van der Waals surface area contributed by atoms with E-state index in [1.165, 1.54) is 13.2 Å². The molecule has 11 heteroatoms. The number of nitrogens with one attached hydrogen (secondary N) is 1. The molecule has 0 aliphatic carbocycles. The molecular weight excluding hydrogens is 368 g/mol. The number of hydrogen-bond acceptors (Lipinski definition) is 6. The number of rotatable bonds is 7. The lowest BCUT2D eigenvalue weighted by Crippen LogP contribution is -2.29. The molecule has 1 unspecified atom stereocenters. The van der Waals surface area contributed by atoms with Gasteiger partial charge in [-0.3, -0.25) is 4.79 Å². The highest BCUT2D eigenvalue weighted by atomic mass is 35.5. The molecule has 0 saturated carbocycles. The molecule has 2 rings (SSSR count). The van der Waals surface area contributed by atoms with Crippen molar-refractivity contribution in [2.24, 2.45) is 0 Å². The van der Waals surface area contributed by atoms with Crippen LogP contribution in [-0.2, 0) is 4.79 Å². The van der Waals surface area contributed by atoms with Crippen molar-refractivity contribution in [2.75, 3.05) is 12.4 Å². The summed E-state index contributed by atoms with van der Waals surface area (Å²) >= 11 is 5.92. The van der Waals surface area contributed by atoms with Crippen molar-refractivity contribution in [3.8, 4) is 5.75 Å². The van der Waals surface area contributed by atoms with E-state index in [1.54, 1.807) is 19.1 Å². The van der Waals surface area contributed by atoms with Crippen LogP contribution in [0.25, 0.3) is 0 Å². The molecule has 26 heavy (non-hydrogen) atoms. The summed E-state index contributed by atoms with van der Waals surface area (Å²) in [6, 6.07) is 3.49. The average Bonchev–Trinajstić information content (AvgIpc) is 3.01. The maximum Gasteiger partial charge on any atom is 0.359 e. The first-order valence-electron chi connectivity index (χ1n) is 7.36. The second-order valence-electron chi connectivity index (χ2n) is 5.10. The van der Waals surface area contributed by atoms with Gasteiger partial charge in [0.05, 0.1) is 12.8 Å². The van der Waals surface area contributed by atoms with Gasteiger partial charge in [0.2, 0.25) is 11.6 Å². The van der Waals surface area contributed by atoms with Crippen LogP contribution in [0.1, 0.15) is 40.4 Å². The highest BCUT2D eigenvalue weighted by molar-refractivity contribution is 6.31. The molecular formula is C15H15ClN4O6. The highest BCUT2D eigenvalue weighted by Crippen LogP contribution is 2.29. The van der Waals surface area contributed by atoms with Gasteiger partial charge in [0.25, 0.3) is 0 Å². The number of benzene rings is 1. The molecule has 0 fully saturated rings. The number of methoxy groups -OCH3 is 1. The fraction of sp³-hybridized carbons (Fsp3) is 0.267. The van der Waals surface area contributed by atoms with Gasteiger partial charge in [0, 0.05) is 5.02 Å². The molecule has 1 aromatic carbocycles. The largest absolute Gasteiger partial charge is 0.495 e. The zero-order valence-electron chi connectivity index (χ0n) is 13.8. The summed E-state index contributed by atoms with van der Waals surface area (Å²) < 4.78 is 5.91. The average molecular weight is 383 g/mol. The number of ether oxygens (including phenoxy) is 1. The first kappa shape index (κ1) is 19.2. The molecule has 10 nitrogen and oxygen atoms in total. The monoisotopic (exact) mass is 382 g/mol. The lowest BCUT2D eigenvalue weighted by molar-refractivity contribution is -0.119. The predicted molar refractivity (Wildman–Crippen MR) is 89.9 cm³/mol. The van der Waals surface area contributed by atoms with Crippen molar-refractivity contribution in [2.45, 2.75) is 19.4 Å². The van der Waals surface area contributed by atoms with Crippen molar-refractivity contribution < 1.29 is 29.3 Å². The third-order valence-electron chi connectivity index (χ3n) is 3.50. The zero-order chi connectivity index (χ0) is 19.4. The summed E-state index contributed by atoms with van der Waals surface area (Å²) in [5.74, 6) is -3.39. The van der Waals surface area contributed by atoms with Gasteiger partial charge in [-0.2, -0.15) is 0 Å². The smallest absolute Gasteiger partial charge is 0.359 e. The normalized spacial score (nSPS) is 11.7. The van der Waals surface area contributed by atoms with Gasteiger partial charge < -0.3 is 20.3 Å². The second kappa shape index (κ2) is 7.83. The van der Waals surface area contributed by atoms with Crippen molar-refractivity contribution in [3.05, 3.63) is 34.6 Å². The van der Waals surface area contributed by atoms with Gasteiger partial charge in [-0.15, -0.1) is 5.10 Å². The molecule has 2 aromatic rings. The first-order chi connectivity index (χ1) is 12.3. The Morgan fingerprint density at radius 3 is 2.54 bits per heavy atom. The van der Waals surface area contributed by atoms with E-state index in [1.807, 2.05) is 0 Å². The van der Waals surface area contributed by atoms with Crippen LogP contribution in [-0.4, -0.2) is 50.2 Å². The first-order valence-corrected chi connectivity index (χ1v) is 7.74. The number of carboxylic acids is 2. The fourth-order valence-electron chi connectivity index (χ4n) is 2.32. The van der Waals surface area contributed by atoms with E-state index in [0.29, 0.717) is 10.8 Å². The van der Waals surface area contributed by atoms with E-state index in [0.717, 1.165) is 4.68 Å². The lowest BCUT2D eigenvalue weighted by atomic mass is 10.2. The van der Waals surface area contributed by atoms with Crippen LogP contribution in [0.4, 0.5) is 5.69 Å². The SMILES string of the molecule is CCC(C(=O)Nc1cc(Cl)ccc1OC)n1nnc(C(=O)O)c1C(=O)O. The van der Waals surface area contributed by atoms with Crippen LogP contribution >= 0.6 is 11.6 Å². The summed E-state index contributed by atoms with van der Waals surface area (Å²) in [5, 5.41) is 28.2. The molecule has 0 bridgehead atoms. The molecule has 0 spiro atoms. The quantitative estimate of drug-likeness (QED) is 0.658. The summed E-state index contributed by atoms with van der Waals surface area (Å²) in [4.78, 5) is 35.2. The van der Waals surface area contributed by atoms with Crippen LogP contribution in [0.5, 0.6) is 5.75 Å². The summed E-state index contributed by atoms with van der Waals surface area (Å²) in [5.41, 5.74) is -1.15. The molecule has 0 saturated heterocycles. The van der Waals surface area contributed by atoms with Gasteiger partial charge in [0.1, 0.15) is 11.8 Å². The zero-order valence-corrected chi connectivity index (χ0v) is 14.5. The number of carboxylic acid groups (broad SMARTS) is 2. The van der Waals surface area contributed by atoms with E-state index in [4.69, 9.17) is 21.4 Å². The summed E-state index contributed by atoms with van der Waals surface area (Å²) in [6.07, 6.45) is 0.136. The van der Waals surface area contributed by atoms with Gasteiger partial charge in [0.15, 0.2) is 5.69 Å². The molecule has 0 radical (unpaired) electrons. The number of aromatic nitrogens is 3. The van der Waals surface area contributed by atoms with E-state index in [2.05, 4.69) is 15.6 Å². The van der Waals surface area contributed by atoms with Gasteiger partial charge >= 0.3 is 11.9 Å². The standard InChI is InChI=1S/C15H15ClN4O6/c1-3-9(20-12(15(24)25)11(14(22)23)18-19-20)13(21)17-8-6-7(16)4-5-10(8)26-2/h4-6,9H,3H2,1-2H3,(H,17,21)(H,22,23)(H,24,25). The second-order valence-corrected chi connectivity index (χ2v) is 5.54. The van der Waals surface area contributed by atoms with E-state index in [9.17, 15) is 19.5 Å². The maximum absolute atomic E-state index is 12.6. The Morgan fingerprint density at radius 1 is 1.31 bits per heavy atom. The van der Waals surface area contributed by atoms with Gasteiger partial charge in [-0.1, -0.05) is 23.7 Å². The van der Waals surface area contributed by atoms with Gasteiger partial charge in [-0.05, 0) is 24.6 Å². The van der Waals surface area contributed by atoms with Crippen molar-refractivity contribution in [1.29, 1.82) is 0 Å². The maximum atomic E-state index is 12.6. The van der Waals surface area contributed by atoms with E-state index >= 15 is 0 Å². The number of nitrogens with zero attached hydrogens (tertiary/aromatic N) is 3. The number of carbonyl (C=O) groups is 3. The minimum absolute atomic E-state index is 0.136. The minimum Gasteiger partial charge on any atom is -0.495 e. The van der Waals surface area contributed by atoms with Crippen molar-refractivity contribution in [1.82, 2.24) is 15.0 Å². The third kappa shape index (κ3) is 3.75. The Bertz CT molecular complexity index is 866. The number of anilines is 1. The molecule has 1 atom stereocenters. The van der Waals surface area contributed by atoms with E-state index < -0.39 is 35.3 Å². The molecule has 138 valence electrons. The van der Waals surface area contributed by atoms with Crippen LogP contribution in [0, 0.1) is 0 Å². The fourth-order valence-corrected chi connectivity index (χ4v) is 2.49. The molecule has 0 aliphatic heterocycles. The van der Waals surface area contributed by atoms with Crippen molar-refractivity contribution in [3.63, 3.8) is 0 Å². The van der Waals surface area contributed by atoms with Crippen molar-refractivity contribution >= 4 is 35.1 Å². The number of hydrogen-bond donors (Lipinski definition) is 3. The predicted octanol–water partition coefficient (Wildman–Crippen LogP) is 1.93.